The van der Waals surface area contributed by atoms with Crippen molar-refractivity contribution < 1.29 is 4.74 Å². The lowest BCUT2D eigenvalue weighted by molar-refractivity contribution is 0.407. The minimum Gasteiger partial charge on any atom is -0.496 e. The van der Waals surface area contributed by atoms with Crippen LogP contribution in [0.25, 0.3) is 0 Å². The molecule has 1 fully saturated rings. The first-order valence-electron chi connectivity index (χ1n) is 5.69. The van der Waals surface area contributed by atoms with Crippen LogP contribution in [-0.2, 0) is 0 Å². The highest BCUT2D eigenvalue weighted by Crippen LogP contribution is 2.61. The summed E-state index contributed by atoms with van der Waals surface area (Å²) in [5, 5.41) is 9.94. The van der Waals surface area contributed by atoms with Crippen molar-refractivity contribution in [1.29, 1.82) is 5.26 Å². The second-order valence-corrected chi connectivity index (χ2v) is 5.41. The quantitative estimate of drug-likeness (QED) is 0.794. The third kappa shape index (κ3) is 1.79. The van der Waals surface area contributed by atoms with Crippen LogP contribution >= 0.6 is 11.6 Å². The molecule has 1 aromatic rings. The maximum absolute atomic E-state index is 9.15. The molecule has 0 aromatic heterocycles. The topological polar surface area (TPSA) is 33.0 Å². The van der Waals surface area contributed by atoms with Crippen LogP contribution in [0, 0.1) is 30.6 Å². The fourth-order valence-electron chi connectivity index (χ4n) is 2.45. The molecule has 17 heavy (non-hydrogen) atoms. The molecule has 0 aliphatic heterocycles. The highest BCUT2D eigenvalue weighted by molar-refractivity contribution is 6.32. The number of halogens is 1. The normalized spacial score (nSPS) is 26.5. The number of ether oxygens (including phenoxy) is 1. The van der Waals surface area contributed by atoms with Crippen LogP contribution in [0.5, 0.6) is 5.75 Å². The van der Waals surface area contributed by atoms with E-state index in [1.165, 1.54) is 0 Å². The molecule has 2 nitrogen and oxygen atoms in total. The molecule has 2 unspecified atom stereocenters. The van der Waals surface area contributed by atoms with E-state index < -0.39 is 0 Å². The van der Waals surface area contributed by atoms with Crippen molar-refractivity contribution in [3.05, 3.63) is 27.8 Å². The van der Waals surface area contributed by atoms with E-state index in [4.69, 9.17) is 21.6 Å². The Bertz CT molecular complexity index is 518. The molecule has 1 aliphatic carbocycles. The number of hydrogen-bond acceptors (Lipinski definition) is 2. The maximum Gasteiger partial charge on any atom is 0.123 e. The fraction of sp³-hybridized carbons (Fsp3) is 0.500. The molecule has 1 saturated carbocycles. The molecule has 0 heterocycles. The maximum atomic E-state index is 9.15. The fourth-order valence-corrected chi connectivity index (χ4v) is 2.60. The van der Waals surface area contributed by atoms with Crippen LogP contribution in [0.15, 0.2) is 6.07 Å². The number of benzene rings is 1. The summed E-state index contributed by atoms with van der Waals surface area (Å²) >= 11 is 6.28. The number of nitrogens with zero attached hydrogens (tertiary/aromatic N) is 1. The van der Waals surface area contributed by atoms with Crippen molar-refractivity contribution in [2.24, 2.45) is 5.41 Å². The molecule has 2 atom stereocenters. The van der Waals surface area contributed by atoms with Crippen molar-refractivity contribution in [2.75, 3.05) is 7.11 Å². The molecule has 3 heteroatoms. The zero-order chi connectivity index (χ0) is 12.8. The minimum atomic E-state index is -0.253. The van der Waals surface area contributed by atoms with Gasteiger partial charge in [0.2, 0.25) is 0 Å². The molecule has 0 radical (unpaired) electrons. The predicted molar refractivity (Wildman–Crippen MR) is 68.6 cm³/mol. The van der Waals surface area contributed by atoms with Crippen LogP contribution in [-0.4, -0.2) is 7.11 Å². The molecule has 1 aliphatic rings. The van der Waals surface area contributed by atoms with Gasteiger partial charge in [-0.2, -0.15) is 5.26 Å². The second kappa shape index (κ2) is 3.92. The Hall–Kier alpha value is -1.20. The summed E-state index contributed by atoms with van der Waals surface area (Å²) in [6.07, 6.45) is 0.889. The summed E-state index contributed by atoms with van der Waals surface area (Å²) in [4.78, 5) is 0. The Kier molecular flexibility index (Phi) is 2.83. The Labute approximate surface area is 107 Å². The van der Waals surface area contributed by atoms with E-state index in [-0.39, 0.29) is 11.3 Å². The van der Waals surface area contributed by atoms with Crippen LogP contribution in [0.1, 0.15) is 36.0 Å². The van der Waals surface area contributed by atoms with E-state index in [9.17, 15) is 0 Å². The van der Waals surface area contributed by atoms with E-state index in [1.807, 2.05) is 26.8 Å². The smallest absolute Gasteiger partial charge is 0.123 e. The van der Waals surface area contributed by atoms with Crippen LogP contribution in [0.2, 0.25) is 5.02 Å². The zero-order valence-electron chi connectivity index (χ0n) is 10.6. The van der Waals surface area contributed by atoms with Crippen LogP contribution in [0.3, 0.4) is 0 Å². The Balaban J connectivity index is 2.55. The van der Waals surface area contributed by atoms with E-state index >= 15 is 0 Å². The van der Waals surface area contributed by atoms with Crippen molar-refractivity contribution in [3.8, 4) is 11.8 Å². The number of rotatable bonds is 2. The first-order chi connectivity index (χ1) is 7.94. The van der Waals surface area contributed by atoms with E-state index in [2.05, 4.69) is 6.07 Å². The molecular weight excluding hydrogens is 234 g/mol. The summed E-state index contributed by atoms with van der Waals surface area (Å²) in [6.45, 7) is 5.96. The van der Waals surface area contributed by atoms with Crippen molar-refractivity contribution in [2.45, 2.75) is 33.1 Å². The third-order valence-electron chi connectivity index (χ3n) is 3.75. The Morgan fingerprint density at radius 1 is 1.53 bits per heavy atom. The molecule has 2 rings (SSSR count). The molecule has 0 amide bonds. The monoisotopic (exact) mass is 249 g/mol. The second-order valence-electron chi connectivity index (χ2n) is 5.03. The largest absolute Gasteiger partial charge is 0.496 e. The number of hydrogen-bond donors (Lipinski definition) is 0. The van der Waals surface area contributed by atoms with Gasteiger partial charge in [0.15, 0.2) is 0 Å². The van der Waals surface area contributed by atoms with E-state index in [1.54, 1.807) is 7.11 Å². The summed E-state index contributed by atoms with van der Waals surface area (Å²) in [5.74, 6) is 1.11. The first-order valence-corrected chi connectivity index (χ1v) is 6.07. The van der Waals surface area contributed by atoms with Crippen molar-refractivity contribution in [1.82, 2.24) is 0 Å². The third-order valence-corrected chi connectivity index (χ3v) is 4.33. The summed E-state index contributed by atoms with van der Waals surface area (Å²) in [6, 6.07) is 4.34. The minimum absolute atomic E-state index is 0.251. The first kappa shape index (κ1) is 12.3. The highest BCUT2D eigenvalue weighted by Gasteiger charge is 2.53. The molecule has 90 valence electrons. The van der Waals surface area contributed by atoms with Gasteiger partial charge in [-0.25, -0.2) is 0 Å². The average Bonchev–Trinajstić information content (AvgIpc) is 2.98. The average molecular weight is 250 g/mol. The van der Waals surface area contributed by atoms with Gasteiger partial charge in [-0.05, 0) is 44.4 Å². The van der Waals surface area contributed by atoms with Gasteiger partial charge in [0.05, 0.1) is 18.6 Å². The lowest BCUT2D eigenvalue weighted by Crippen LogP contribution is -2.00. The van der Waals surface area contributed by atoms with Crippen molar-refractivity contribution in [3.63, 3.8) is 0 Å². The van der Waals surface area contributed by atoms with Gasteiger partial charge >= 0.3 is 0 Å². The number of nitriles is 1. The molecule has 0 N–H and O–H groups in total. The van der Waals surface area contributed by atoms with Crippen LogP contribution in [0.4, 0.5) is 0 Å². The lowest BCUT2D eigenvalue weighted by atomic mass is 9.95. The Morgan fingerprint density at radius 2 is 2.18 bits per heavy atom. The van der Waals surface area contributed by atoms with Crippen molar-refractivity contribution >= 4 is 11.6 Å². The molecule has 1 aromatic carbocycles. The number of aryl methyl sites for hydroxylation is 1. The summed E-state index contributed by atoms with van der Waals surface area (Å²) in [5.41, 5.74) is 2.92. The van der Waals surface area contributed by atoms with Gasteiger partial charge in [0.1, 0.15) is 5.75 Å². The van der Waals surface area contributed by atoms with Gasteiger partial charge < -0.3 is 4.74 Å². The molecule has 0 saturated heterocycles. The van der Waals surface area contributed by atoms with Gasteiger partial charge in [-0.3, -0.25) is 0 Å². The summed E-state index contributed by atoms with van der Waals surface area (Å²) in [7, 11) is 1.66. The zero-order valence-corrected chi connectivity index (χ0v) is 11.4. The van der Waals surface area contributed by atoms with Gasteiger partial charge in [-0.1, -0.05) is 11.6 Å². The number of methoxy groups -OCH3 is 1. The Morgan fingerprint density at radius 3 is 2.65 bits per heavy atom. The van der Waals surface area contributed by atoms with E-state index in [0.717, 1.165) is 33.9 Å². The molecule has 0 bridgehead atoms. The van der Waals surface area contributed by atoms with Gasteiger partial charge in [0.25, 0.3) is 0 Å². The summed E-state index contributed by atoms with van der Waals surface area (Å²) < 4.78 is 5.43. The molecular formula is C14H16ClNO. The standard InChI is InChI=1S/C14H16ClNO/c1-8-5-11(17-4)12(9(2)13(8)15)10-6-14(10,3)7-16/h5,10H,6H2,1-4H3. The highest BCUT2D eigenvalue weighted by atomic mass is 35.5. The lowest BCUT2D eigenvalue weighted by Gasteiger charge is -2.15. The van der Waals surface area contributed by atoms with Gasteiger partial charge in [0, 0.05) is 16.5 Å². The van der Waals surface area contributed by atoms with Crippen LogP contribution < -0.4 is 4.74 Å². The van der Waals surface area contributed by atoms with Gasteiger partial charge in [-0.15, -0.1) is 0 Å². The van der Waals surface area contributed by atoms with E-state index in [0.29, 0.717) is 0 Å². The SMILES string of the molecule is COc1cc(C)c(Cl)c(C)c1C1CC1(C)C#N. The molecule has 0 spiro atoms. The predicted octanol–water partition coefficient (Wildman–Crippen LogP) is 3.98.